The molecule has 19 heavy (non-hydrogen) atoms. The van der Waals surface area contributed by atoms with Crippen LogP contribution in [0.2, 0.25) is 0 Å². The van der Waals surface area contributed by atoms with Gasteiger partial charge in [0, 0.05) is 6.04 Å². The van der Waals surface area contributed by atoms with Crippen LogP contribution >= 0.6 is 0 Å². The average Bonchev–Trinajstić information content (AvgIpc) is 2.31. The summed E-state index contributed by atoms with van der Waals surface area (Å²) < 4.78 is 0. The van der Waals surface area contributed by atoms with E-state index in [9.17, 15) is 5.11 Å². The van der Waals surface area contributed by atoms with Crippen molar-refractivity contribution in [2.24, 2.45) is 17.8 Å². The lowest BCUT2D eigenvalue weighted by atomic mass is 9.85. The van der Waals surface area contributed by atoms with E-state index < -0.39 is 0 Å². The predicted molar refractivity (Wildman–Crippen MR) is 82.4 cm³/mol. The molecule has 0 saturated carbocycles. The molecule has 1 aromatic carbocycles. The number of phenolic OH excluding ortho intramolecular Hbond substituents is 1. The third-order valence-electron chi connectivity index (χ3n) is 3.89. The normalized spacial score (nSPS) is 13.5. The van der Waals surface area contributed by atoms with Crippen molar-refractivity contribution in [3.05, 3.63) is 29.8 Å². The van der Waals surface area contributed by atoms with Gasteiger partial charge in [-0.2, -0.15) is 0 Å². The first-order chi connectivity index (χ1) is 8.90. The van der Waals surface area contributed by atoms with Gasteiger partial charge < -0.3 is 10.4 Å². The molecule has 1 rings (SSSR count). The summed E-state index contributed by atoms with van der Waals surface area (Å²) in [5.74, 6) is 2.49. The Hall–Kier alpha value is -1.02. The van der Waals surface area contributed by atoms with E-state index in [1.807, 2.05) is 12.1 Å². The molecular formula is C17H29NO. The molecule has 0 spiro atoms. The van der Waals surface area contributed by atoms with E-state index in [1.54, 1.807) is 12.1 Å². The molecule has 0 heterocycles. The molecule has 0 amide bonds. The van der Waals surface area contributed by atoms with Crippen LogP contribution in [0.15, 0.2) is 24.3 Å². The van der Waals surface area contributed by atoms with Crippen LogP contribution in [0.3, 0.4) is 0 Å². The van der Waals surface area contributed by atoms with Crippen molar-refractivity contribution in [1.29, 1.82) is 0 Å². The highest BCUT2D eigenvalue weighted by Gasteiger charge is 2.17. The van der Waals surface area contributed by atoms with Gasteiger partial charge in [0.15, 0.2) is 0 Å². The largest absolute Gasteiger partial charge is 0.508 e. The number of rotatable bonds is 7. The summed E-state index contributed by atoms with van der Waals surface area (Å²) in [6.07, 6.45) is 1.00. The second-order valence-electron chi connectivity index (χ2n) is 6.33. The fraction of sp³-hybridized carbons (Fsp3) is 0.647. The predicted octanol–water partition coefficient (Wildman–Crippen LogP) is 3.84. The number of nitrogens with one attached hydrogen (secondary N) is 1. The molecule has 1 unspecified atom stereocenters. The minimum absolute atomic E-state index is 0.337. The number of hydrogen-bond donors (Lipinski definition) is 2. The van der Waals surface area contributed by atoms with E-state index in [4.69, 9.17) is 0 Å². The van der Waals surface area contributed by atoms with Crippen molar-refractivity contribution in [1.82, 2.24) is 5.32 Å². The van der Waals surface area contributed by atoms with Crippen LogP contribution in [-0.2, 0) is 6.42 Å². The summed E-state index contributed by atoms with van der Waals surface area (Å²) >= 11 is 0. The maximum atomic E-state index is 9.27. The van der Waals surface area contributed by atoms with Crippen LogP contribution in [0.5, 0.6) is 5.75 Å². The zero-order valence-electron chi connectivity index (χ0n) is 13.0. The van der Waals surface area contributed by atoms with Crippen LogP contribution in [-0.4, -0.2) is 17.7 Å². The maximum Gasteiger partial charge on any atom is 0.115 e. The molecule has 1 aromatic rings. The van der Waals surface area contributed by atoms with E-state index in [-0.39, 0.29) is 0 Å². The smallest absolute Gasteiger partial charge is 0.115 e. The zero-order chi connectivity index (χ0) is 14.4. The van der Waals surface area contributed by atoms with Crippen LogP contribution in [0.1, 0.15) is 40.2 Å². The standard InChI is InChI=1S/C17H29NO/c1-12(2)17(13(3)4)11-18-14(5)10-15-6-8-16(19)9-7-15/h6-9,12-14,17-19H,10-11H2,1-5H3. The third kappa shape index (κ3) is 5.65. The van der Waals surface area contributed by atoms with Gasteiger partial charge in [0.05, 0.1) is 0 Å². The first kappa shape index (κ1) is 16.0. The highest BCUT2D eigenvalue weighted by molar-refractivity contribution is 5.26. The monoisotopic (exact) mass is 263 g/mol. The molecular weight excluding hydrogens is 234 g/mol. The minimum atomic E-state index is 0.337. The molecule has 0 aliphatic heterocycles. The third-order valence-corrected chi connectivity index (χ3v) is 3.89. The van der Waals surface area contributed by atoms with Crippen molar-refractivity contribution in [2.75, 3.05) is 6.54 Å². The first-order valence-electron chi connectivity index (χ1n) is 7.41. The Kier molecular flexibility index (Phi) is 6.36. The van der Waals surface area contributed by atoms with Crippen molar-refractivity contribution in [3.63, 3.8) is 0 Å². The Morgan fingerprint density at radius 1 is 0.947 bits per heavy atom. The summed E-state index contributed by atoms with van der Waals surface area (Å²) in [7, 11) is 0. The SMILES string of the molecule is CC(Cc1ccc(O)cc1)NCC(C(C)C)C(C)C. The maximum absolute atomic E-state index is 9.27. The van der Waals surface area contributed by atoms with E-state index in [0.29, 0.717) is 23.6 Å². The van der Waals surface area contributed by atoms with Gasteiger partial charge >= 0.3 is 0 Å². The molecule has 0 aliphatic rings. The molecule has 0 saturated heterocycles. The Morgan fingerprint density at radius 2 is 1.47 bits per heavy atom. The van der Waals surface area contributed by atoms with E-state index in [2.05, 4.69) is 39.9 Å². The van der Waals surface area contributed by atoms with Crippen molar-refractivity contribution in [3.8, 4) is 5.75 Å². The van der Waals surface area contributed by atoms with Gasteiger partial charge in [-0.15, -0.1) is 0 Å². The summed E-state index contributed by atoms with van der Waals surface area (Å²) in [6, 6.07) is 7.97. The Balaban J connectivity index is 2.42. The molecule has 0 aliphatic carbocycles. The summed E-state index contributed by atoms with van der Waals surface area (Å²) in [5, 5.41) is 12.9. The lowest BCUT2D eigenvalue weighted by Gasteiger charge is -2.27. The van der Waals surface area contributed by atoms with Gasteiger partial charge in [0.25, 0.3) is 0 Å². The molecule has 1 atom stereocenters. The first-order valence-corrected chi connectivity index (χ1v) is 7.41. The Labute approximate surface area is 118 Å². The number of benzene rings is 1. The van der Waals surface area contributed by atoms with Gasteiger partial charge in [-0.25, -0.2) is 0 Å². The van der Waals surface area contributed by atoms with Crippen LogP contribution in [0.4, 0.5) is 0 Å². The van der Waals surface area contributed by atoms with Crippen molar-refractivity contribution in [2.45, 2.75) is 47.1 Å². The van der Waals surface area contributed by atoms with Gasteiger partial charge in [0.1, 0.15) is 5.75 Å². The number of aromatic hydroxyl groups is 1. The minimum Gasteiger partial charge on any atom is -0.508 e. The van der Waals surface area contributed by atoms with E-state index in [1.165, 1.54) is 5.56 Å². The molecule has 0 aromatic heterocycles. The fourth-order valence-corrected chi connectivity index (χ4v) is 2.64. The Morgan fingerprint density at radius 3 is 1.95 bits per heavy atom. The molecule has 0 bridgehead atoms. The summed E-state index contributed by atoms with van der Waals surface area (Å²) in [5.41, 5.74) is 1.27. The quantitative estimate of drug-likeness (QED) is 0.783. The van der Waals surface area contributed by atoms with E-state index >= 15 is 0 Å². The average molecular weight is 263 g/mol. The molecule has 0 fully saturated rings. The topological polar surface area (TPSA) is 32.3 Å². The Bertz CT molecular complexity index is 348. The second kappa shape index (κ2) is 7.54. The lowest BCUT2D eigenvalue weighted by Crippen LogP contribution is -2.36. The highest BCUT2D eigenvalue weighted by atomic mass is 16.3. The van der Waals surface area contributed by atoms with Gasteiger partial charge in [-0.3, -0.25) is 0 Å². The molecule has 2 heteroatoms. The lowest BCUT2D eigenvalue weighted by molar-refractivity contribution is 0.267. The summed E-state index contributed by atoms with van der Waals surface area (Å²) in [6.45, 7) is 12.5. The van der Waals surface area contributed by atoms with E-state index in [0.717, 1.165) is 18.9 Å². The van der Waals surface area contributed by atoms with Gasteiger partial charge in [-0.1, -0.05) is 39.8 Å². The number of phenols is 1. The van der Waals surface area contributed by atoms with Crippen molar-refractivity contribution >= 4 is 0 Å². The van der Waals surface area contributed by atoms with Crippen molar-refractivity contribution < 1.29 is 5.11 Å². The second-order valence-corrected chi connectivity index (χ2v) is 6.33. The van der Waals surface area contributed by atoms with Crippen LogP contribution < -0.4 is 5.32 Å². The molecule has 2 nitrogen and oxygen atoms in total. The zero-order valence-corrected chi connectivity index (χ0v) is 13.0. The highest BCUT2D eigenvalue weighted by Crippen LogP contribution is 2.19. The van der Waals surface area contributed by atoms with Crippen LogP contribution in [0, 0.1) is 17.8 Å². The fourth-order valence-electron chi connectivity index (χ4n) is 2.64. The van der Waals surface area contributed by atoms with Crippen LogP contribution in [0.25, 0.3) is 0 Å². The number of hydrogen-bond acceptors (Lipinski definition) is 2. The summed E-state index contributed by atoms with van der Waals surface area (Å²) in [4.78, 5) is 0. The van der Waals surface area contributed by atoms with Gasteiger partial charge in [0.2, 0.25) is 0 Å². The van der Waals surface area contributed by atoms with Gasteiger partial charge in [-0.05, 0) is 55.3 Å². The molecule has 108 valence electrons. The molecule has 0 radical (unpaired) electrons. The molecule has 2 N–H and O–H groups in total.